The number of halogens is 1. The maximum atomic E-state index is 11.5. The molecule has 4 aromatic rings. The van der Waals surface area contributed by atoms with Crippen molar-refractivity contribution in [3.05, 3.63) is 75.6 Å². The molecule has 2 N–H and O–H groups in total. The summed E-state index contributed by atoms with van der Waals surface area (Å²) < 4.78 is 11.2. The quantitative estimate of drug-likeness (QED) is 0.275. The van der Waals surface area contributed by atoms with Gasteiger partial charge in [-0.3, -0.25) is 4.79 Å². The van der Waals surface area contributed by atoms with Gasteiger partial charge in [0, 0.05) is 53.0 Å². The summed E-state index contributed by atoms with van der Waals surface area (Å²) in [5, 5.41) is 20.2. The molecule has 1 unspecified atom stereocenters. The van der Waals surface area contributed by atoms with Crippen molar-refractivity contribution in [1.82, 2.24) is 15.1 Å². The third-order valence-corrected chi connectivity index (χ3v) is 7.16. The number of carboxylic acids is 1. The Balaban J connectivity index is 1.20. The van der Waals surface area contributed by atoms with Crippen LogP contribution >= 0.6 is 22.9 Å². The molecule has 0 amide bonds. The first-order valence-corrected chi connectivity index (χ1v) is 13.0. The van der Waals surface area contributed by atoms with Gasteiger partial charge >= 0.3 is 5.97 Å². The van der Waals surface area contributed by atoms with Crippen molar-refractivity contribution in [1.29, 1.82) is 0 Å². The largest absolute Gasteiger partial charge is 0.481 e. The lowest BCUT2D eigenvalue weighted by molar-refractivity contribution is -0.137. The summed E-state index contributed by atoms with van der Waals surface area (Å²) in [5.41, 5.74) is 3.85. The molecule has 0 bridgehead atoms. The van der Waals surface area contributed by atoms with E-state index in [0.717, 1.165) is 41.5 Å². The zero-order valence-electron chi connectivity index (χ0n) is 19.4. The number of benzene rings is 1. The summed E-state index contributed by atoms with van der Waals surface area (Å²) in [6.45, 7) is 1.36. The van der Waals surface area contributed by atoms with Gasteiger partial charge in [-0.2, -0.15) is 0 Å². The Kier molecular flexibility index (Phi) is 7.48. The zero-order chi connectivity index (χ0) is 24.9. The number of carboxylic acid groups (broad SMARTS) is 1. The van der Waals surface area contributed by atoms with E-state index in [9.17, 15) is 9.90 Å². The molecule has 5 rings (SSSR count). The minimum atomic E-state index is -0.899. The Hall–Kier alpha value is -3.43. The van der Waals surface area contributed by atoms with Gasteiger partial charge in [-0.05, 0) is 41.8 Å². The van der Waals surface area contributed by atoms with Crippen LogP contribution < -0.4 is 10.1 Å². The lowest BCUT2D eigenvalue weighted by Gasteiger charge is -2.17. The number of hydrogen-bond acceptors (Lipinski definition) is 8. The number of nitrogens with zero attached hydrogens (tertiary/aromatic N) is 3. The number of aromatic nitrogens is 3. The molecule has 0 radical (unpaired) electrons. The molecule has 1 aliphatic heterocycles. The zero-order valence-corrected chi connectivity index (χ0v) is 21.0. The van der Waals surface area contributed by atoms with Gasteiger partial charge in [0.15, 0.2) is 0 Å². The molecule has 0 spiro atoms. The number of hydrogen-bond donors (Lipinski definition) is 2. The standard InChI is InChI=1S/C26H25ClN4O4S/c27-19-6-3-17(4-7-19)26-30-22(15-36-26)18(13-24(32)33)12-21-14-23(31-35-21)34-11-9-20-8-5-16-2-1-10-28-25(16)29-20/h3-8,14-15,18H,1-2,9-13H2,(H,28,29)(H,32,33). The average Bonchev–Trinajstić information content (AvgIpc) is 3.54. The number of ether oxygens (including phenoxy) is 1. The van der Waals surface area contributed by atoms with E-state index in [4.69, 9.17) is 20.9 Å². The first kappa shape index (κ1) is 24.3. The van der Waals surface area contributed by atoms with Crippen LogP contribution in [-0.4, -0.2) is 39.4 Å². The van der Waals surface area contributed by atoms with E-state index in [1.807, 2.05) is 23.6 Å². The smallest absolute Gasteiger partial charge is 0.304 e. The molecule has 0 saturated heterocycles. The van der Waals surface area contributed by atoms with Crippen molar-refractivity contribution < 1.29 is 19.2 Å². The molecule has 8 nitrogen and oxygen atoms in total. The maximum absolute atomic E-state index is 11.5. The van der Waals surface area contributed by atoms with Gasteiger partial charge in [-0.25, -0.2) is 9.97 Å². The first-order chi connectivity index (χ1) is 17.5. The number of rotatable bonds is 10. The molecule has 1 aromatic carbocycles. The summed E-state index contributed by atoms with van der Waals surface area (Å²) in [7, 11) is 0. The summed E-state index contributed by atoms with van der Waals surface area (Å²) in [6, 6.07) is 13.3. The fourth-order valence-corrected chi connectivity index (χ4v) is 5.19. The van der Waals surface area contributed by atoms with Gasteiger partial charge in [0.05, 0.1) is 18.7 Å². The number of anilines is 1. The van der Waals surface area contributed by atoms with E-state index in [1.54, 1.807) is 18.2 Å². The van der Waals surface area contributed by atoms with E-state index >= 15 is 0 Å². The van der Waals surface area contributed by atoms with Crippen LogP contribution in [0.4, 0.5) is 5.82 Å². The fourth-order valence-electron chi connectivity index (χ4n) is 4.16. The highest BCUT2D eigenvalue weighted by Gasteiger charge is 2.22. The molecule has 186 valence electrons. The van der Waals surface area contributed by atoms with Crippen LogP contribution in [0.25, 0.3) is 10.6 Å². The molecule has 0 aliphatic carbocycles. The molecule has 1 atom stereocenters. The topological polar surface area (TPSA) is 110 Å². The molecule has 10 heteroatoms. The minimum absolute atomic E-state index is 0.0707. The lowest BCUT2D eigenvalue weighted by Crippen LogP contribution is -2.14. The second-order valence-corrected chi connectivity index (χ2v) is 9.95. The van der Waals surface area contributed by atoms with Crippen molar-refractivity contribution in [3.63, 3.8) is 0 Å². The summed E-state index contributed by atoms with van der Waals surface area (Å²) >= 11 is 7.45. The van der Waals surface area contributed by atoms with E-state index in [0.29, 0.717) is 41.8 Å². The van der Waals surface area contributed by atoms with Crippen molar-refractivity contribution in [2.75, 3.05) is 18.5 Å². The molecular formula is C26H25ClN4O4S. The normalized spacial score (nSPS) is 13.6. The summed E-state index contributed by atoms with van der Waals surface area (Å²) in [5.74, 6) is 0.633. The van der Waals surface area contributed by atoms with Crippen molar-refractivity contribution in [2.45, 2.75) is 38.0 Å². The monoisotopic (exact) mass is 524 g/mol. The molecule has 4 heterocycles. The van der Waals surface area contributed by atoms with Gasteiger partial charge in [0.1, 0.15) is 16.6 Å². The number of thiazole rings is 1. The predicted molar refractivity (Wildman–Crippen MR) is 138 cm³/mol. The van der Waals surface area contributed by atoms with Crippen LogP contribution in [0.1, 0.15) is 41.5 Å². The van der Waals surface area contributed by atoms with Crippen LogP contribution in [-0.2, 0) is 24.1 Å². The molecule has 1 aliphatic rings. The number of aryl methyl sites for hydroxylation is 1. The number of aliphatic carboxylic acids is 1. The minimum Gasteiger partial charge on any atom is -0.481 e. The second-order valence-electron chi connectivity index (χ2n) is 8.65. The van der Waals surface area contributed by atoms with Crippen molar-refractivity contribution in [2.24, 2.45) is 0 Å². The van der Waals surface area contributed by atoms with Gasteiger partial charge < -0.3 is 19.7 Å². The van der Waals surface area contributed by atoms with E-state index in [-0.39, 0.29) is 12.3 Å². The maximum Gasteiger partial charge on any atom is 0.304 e. The van der Waals surface area contributed by atoms with Gasteiger partial charge in [0.2, 0.25) is 0 Å². The summed E-state index contributed by atoms with van der Waals surface area (Å²) in [6.07, 6.45) is 3.11. The highest BCUT2D eigenvalue weighted by molar-refractivity contribution is 7.13. The van der Waals surface area contributed by atoms with Crippen molar-refractivity contribution >= 4 is 34.7 Å². The fraction of sp³-hybridized carbons (Fsp3) is 0.308. The van der Waals surface area contributed by atoms with Crippen LogP contribution in [0.2, 0.25) is 5.02 Å². The highest BCUT2D eigenvalue weighted by Crippen LogP contribution is 2.31. The predicted octanol–water partition coefficient (Wildman–Crippen LogP) is 5.63. The molecular weight excluding hydrogens is 500 g/mol. The Morgan fingerprint density at radius 1 is 1.22 bits per heavy atom. The highest BCUT2D eigenvalue weighted by atomic mass is 35.5. The number of pyridine rings is 1. The third kappa shape index (κ3) is 6.03. The Labute approximate surface area is 217 Å². The van der Waals surface area contributed by atoms with E-state index in [1.165, 1.54) is 16.9 Å². The Bertz CT molecular complexity index is 1340. The molecule has 0 fully saturated rings. The average molecular weight is 525 g/mol. The van der Waals surface area contributed by atoms with Gasteiger partial charge in [0.25, 0.3) is 5.88 Å². The van der Waals surface area contributed by atoms with Crippen LogP contribution in [0.3, 0.4) is 0 Å². The lowest BCUT2D eigenvalue weighted by atomic mass is 9.97. The summed E-state index contributed by atoms with van der Waals surface area (Å²) in [4.78, 5) is 20.9. The van der Waals surface area contributed by atoms with Crippen LogP contribution in [0, 0.1) is 0 Å². The van der Waals surface area contributed by atoms with Crippen molar-refractivity contribution in [3.8, 4) is 16.5 Å². The third-order valence-electron chi connectivity index (χ3n) is 6.00. The van der Waals surface area contributed by atoms with Gasteiger partial charge in [-0.1, -0.05) is 29.8 Å². The number of carbonyl (C=O) groups is 1. The number of fused-ring (bicyclic) bond motifs is 1. The molecule has 0 saturated carbocycles. The molecule has 36 heavy (non-hydrogen) atoms. The second kappa shape index (κ2) is 11.1. The Morgan fingerprint density at radius 3 is 2.92 bits per heavy atom. The Morgan fingerprint density at radius 2 is 2.08 bits per heavy atom. The molecule has 3 aromatic heterocycles. The van der Waals surface area contributed by atoms with Crippen LogP contribution in [0.5, 0.6) is 5.88 Å². The van der Waals surface area contributed by atoms with E-state index in [2.05, 4.69) is 26.5 Å². The van der Waals surface area contributed by atoms with Crippen LogP contribution in [0.15, 0.2) is 52.4 Å². The van der Waals surface area contributed by atoms with E-state index < -0.39 is 5.97 Å². The first-order valence-electron chi connectivity index (χ1n) is 11.8. The van der Waals surface area contributed by atoms with Gasteiger partial charge in [-0.15, -0.1) is 11.3 Å². The SMILES string of the molecule is O=C(O)CC(Cc1cc(OCCc2ccc3c(n2)NCCC3)no1)c1csc(-c2ccc(Cl)cc2)n1. The number of nitrogens with one attached hydrogen (secondary N) is 1.